The van der Waals surface area contributed by atoms with E-state index in [1.54, 1.807) is 0 Å². The first kappa shape index (κ1) is 27.6. The molecule has 196 valence electrons. The first-order valence-corrected chi connectivity index (χ1v) is 11.4. The molecular weight excluding hydrogens is 511 g/mol. The predicted molar refractivity (Wildman–Crippen MR) is 121 cm³/mol. The number of carbonyl (C=O) groups excluding carboxylic acids is 2. The Hall–Kier alpha value is -3.02. The Morgan fingerprint density at radius 3 is 2.22 bits per heavy atom. The molecule has 1 N–H and O–H groups in total. The SMILES string of the molecule is CC1(F)CCC(NC(=O)[C@@](C)(c2cncnc2)N(C(=O)[C@H](F)Cl)c2ccc(OC(F)(F)F)cc2)CC1. The van der Waals surface area contributed by atoms with Gasteiger partial charge in [0, 0.05) is 29.7 Å². The number of carbonyl (C=O) groups is 2. The van der Waals surface area contributed by atoms with Crippen LogP contribution in [0.3, 0.4) is 0 Å². The van der Waals surface area contributed by atoms with E-state index in [9.17, 15) is 31.5 Å². The average Bonchev–Trinajstić information content (AvgIpc) is 2.81. The van der Waals surface area contributed by atoms with Crippen LogP contribution < -0.4 is 15.0 Å². The van der Waals surface area contributed by atoms with Crippen LogP contribution in [0.25, 0.3) is 0 Å². The number of alkyl halides is 6. The molecule has 7 nitrogen and oxygen atoms in total. The van der Waals surface area contributed by atoms with E-state index >= 15 is 0 Å². The molecule has 0 bridgehead atoms. The predicted octanol–water partition coefficient (Wildman–Crippen LogP) is 4.95. The lowest BCUT2D eigenvalue weighted by Crippen LogP contribution is -2.60. The number of halogens is 6. The van der Waals surface area contributed by atoms with Crippen LogP contribution in [0.5, 0.6) is 5.75 Å². The number of anilines is 1. The fraction of sp³-hybridized carbons (Fsp3) is 0.478. The van der Waals surface area contributed by atoms with Gasteiger partial charge < -0.3 is 10.1 Å². The van der Waals surface area contributed by atoms with E-state index in [1.807, 2.05) is 0 Å². The molecule has 1 fully saturated rings. The molecule has 1 aromatic heterocycles. The number of benzene rings is 1. The third kappa shape index (κ3) is 6.40. The third-order valence-electron chi connectivity index (χ3n) is 6.11. The van der Waals surface area contributed by atoms with E-state index in [-0.39, 0.29) is 24.1 Å². The summed E-state index contributed by atoms with van der Waals surface area (Å²) in [6, 6.07) is 3.51. The van der Waals surface area contributed by atoms with Crippen LogP contribution in [-0.2, 0) is 15.1 Å². The molecule has 2 amide bonds. The number of hydrogen-bond acceptors (Lipinski definition) is 5. The van der Waals surface area contributed by atoms with Crippen molar-refractivity contribution in [1.82, 2.24) is 15.3 Å². The molecular formula is C23H24ClF5N4O3. The number of amides is 2. The number of aromatic nitrogens is 2. The van der Waals surface area contributed by atoms with E-state index in [2.05, 4.69) is 20.0 Å². The van der Waals surface area contributed by atoms with Gasteiger partial charge in [-0.2, -0.15) is 0 Å². The molecule has 3 rings (SSSR count). The minimum absolute atomic E-state index is 0.0786. The second-order valence-electron chi connectivity index (χ2n) is 8.88. The van der Waals surface area contributed by atoms with Gasteiger partial charge in [0.2, 0.25) is 0 Å². The Balaban J connectivity index is 2.04. The smallest absolute Gasteiger partial charge is 0.406 e. The largest absolute Gasteiger partial charge is 0.573 e. The lowest BCUT2D eigenvalue weighted by Gasteiger charge is -2.41. The van der Waals surface area contributed by atoms with E-state index in [0.29, 0.717) is 12.8 Å². The van der Waals surface area contributed by atoms with Crippen molar-refractivity contribution < 1.29 is 36.3 Å². The maximum atomic E-state index is 14.2. The van der Waals surface area contributed by atoms with Crippen molar-refractivity contribution in [2.75, 3.05) is 4.90 Å². The van der Waals surface area contributed by atoms with E-state index in [1.165, 1.54) is 32.6 Å². The maximum Gasteiger partial charge on any atom is 0.573 e. The molecule has 2 aromatic rings. The van der Waals surface area contributed by atoms with Gasteiger partial charge in [0.1, 0.15) is 17.7 Å². The molecule has 36 heavy (non-hydrogen) atoms. The molecule has 0 spiro atoms. The van der Waals surface area contributed by atoms with Crippen LogP contribution in [0.4, 0.5) is 27.6 Å². The summed E-state index contributed by atoms with van der Waals surface area (Å²) in [6.07, 6.45) is -0.203. The summed E-state index contributed by atoms with van der Waals surface area (Å²) in [5.74, 6) is -2.69. The van der Waals surface area contributed by atoms with Gasteiger partial charge in [-0.25, -0.2) is 18.7 Å². The summed E-state index contributed by atoms with van der Waals surface area (Å²) < 4.78 is 70.0. The third-order valence-corrected chi connectivity index (χ3v) is 6.30. The van der Waals surface area contributed by atoms with Crippen molar-refractivity contribution in [3.63, 3.8) is 0 Å². The van der Waals surface area contributed by atoms with Crippen molar-refractivity contribution in [3.8, 4) is 5.75 Å². The van der Waals surface area contributed by atoms with Crippen molar-refractivity contribution in [2.45, 2.75) is 68.8 Å². The van der Waals surface area contributed by atoms with Gasteiger partial charge in [-0.1, -0.05) is 11.6 Å². The van der Waals surface area contributed by atoms with Crippen LogP contribution in [0.15, 0.2) is 43.0 Å². The quantitative estimate of drug-likeness (QED) is 0.401. The zero-order valence-electron chi connectivity index (χ0n) is 19.4. The van der Waals surface area contributed by atoms with Gasteiger partial charge in [-0.15, -0.1) is 13.2 Å². The van der Waals surface area contributed by atoms with Crippen LogP contribution >= 0.6 is 11.6 Å². The number of ether oxygens (including phenoxy) is 1. The highest BCUT2D eigenvalue weighted by Gasteiger charge is 2.48. The molecule has 0 saturated heterocycles. The minimum Gasteiger partial charge on any atom is -0.406 e. The van der Waals surface area contributed by atoms with Crippen LogP contribution in [0.1, 0.15) is 45.1 Å². The summed E-state index contributed by atoms with van der Waals surface area (Å²) in [6.45, 7) is 2.78. The zero-order valence-corrected chi connectivity index (χ0v) is 20.1. The molecule has 1 aromatic carbocycles. The second kappa shape index (κ2) is 10.5. The highest BCUT2D eigenvalue weighted by atomic mass is 35.5. The van der Waals surface area contributed by atoms with Crippen molar-refractivity contribution in [3.05, 3.63) is 48.5 Å². The summed E-state index contributed by atoms with van der Waals surface area (Å²) >= 11 is 5.48. The number of nitrogens with zero attached hydrogens (tertiary/aromatic N) is 3. The van der Waals surface area contributed by atoms with Crippen LogP contribution in [0.2, 0.25) is 0 Å². The number of rotatable bonds is 7. The summed E-state index contributed by atoms with van der Waals surface area (Å²) in [5, 5.41) is 2.79. The molecule has 0 radical (unpaired) electrons. The van der Waals surface area contributed by atoms with Crippen molar-refractivity contribution >= 4 is 29.1 Å². The monoisotopic (exact) mass is 534 g/mol. The Bertz CT molecular complexity index is 1060. The topological polar surface area (TPSA) is 84.4 Å². The Morgan fingerprint density at radius 1 is 1.17 bits per heavy atom. The van der Waals surface area contributed by atoms with E-state index in [4.69, 9.17) is 11.6 Å². The Morgan fingerprint density at radius 2 is 1.72 bits per heavy atom. The Labute approximate surface area is 209 Å². The second-order valence-corrected chi connectivity index (χ2v) is 9.26. The molecule has 1 aliphatic rings. The highest BCUT2D eigenvalue weighted by Crippen LogP contribution is 2.37. The molecule has 2 atom stereocenters. The van der Waals surface area contributed by atoms with E-state index in [0.717, 1.165) is 29.2 Å². The average molecular weight is 535 g/mol. The fourth-order valence-corrected chi connectivity index (χ4v) is 4.20. The maximum absolute atomic E-state index is 14.2. The van der Waals surface area contributed by atoms with Gasteiger partial charge >= 0.3 is 6.36 Å². The fourth-order valence-electron chi connectivity index (χ4n) is 4.10. The molecule has 1 saturated carbocycles. The molecule has 0 aliphatic heterocycles. The minimum atomic E-state index is -4.96. The summed E-state index contributed by atoms with van der Waals surface area (Å²) in [7, 11) is 0. The first-order chi connectivity index (χ1) is 16.7. The van der Waals surface area contributed by atoms with Crippen LogP contribution in [-0.4, -0.2) is 45.5 Å². The summed E-state index contributed by atoms with van der Waals surface area (Å²) in [4.78, 5) is 35.2. The van der Waals surface area contributed by atoms with Gasteiger partial charge in [-0.05, 0) is 63.8 Å². The number of nitrogens with one attached hydrogen (secondary N) is 1. The first-order valence-electron chi connectivity index (χ1n) is 11.0. The number of hydrogen-bond donors (Lipinski definition) is 1. The summed E-state index contributed by atoms with van der Waals surface area (Å²) in [5.41, 5.74) is -6.00. The van der Waals surface area contributed by atoms with Gasteiger partial charge in [-0.3, -0.25) is 14.5 Å². The molecule has 13 heteroatoms. The molecule has 1 heterocycles. The zero-order chi connectivity index (χ0) is 26.7. The lowest BCUT2D eigenvalue weighted by molar-refractivity contribution is -0.274. The van der Waals surface area contributed by atoms with Gasteiger partial charge in [0.05, 0.1) is 0 Å². The Kier molecular flexibility index (Phi) is 8.07. The molecule has 1 aliphatic carbocycles. The highest BCUT2D eigenvalue weighted by molar-refractivity contribution is 6.32. The van der Waals surface area contributed by atoms with Crippen molar-refractivity contribution in [2.24, 2.45) is 0 Å². The van der Waals surface area contributed by atoms with Gasteiger partial charge in [0.15, 0.2) is 5.54 Å². The standard InChI is InChI=1S/C23H24ClF5N4O3/c1-21(26)9-7-15(8-10-21)32-20(35)22(2,14-11-30-13-31-12-14)33(19(34)18(24)25)16-3-5-17(6-4-16)36-23(27,28)29/h3-6,11-13,15,18H,7-10H2,1-2H3,(H,32,35)/t15?,18-,21?,22+/m0/s1. The lowest BCUT2D eigenvalue weighted by atomic mass is 9.83. The normalized spacial score (nSPS) is 22.7. The van der Waals surface area contributed by atoms with E-state index < -0.39 is 46.8 Å². The van der Waals surface area contributed by atoms with Gasteiger partial charge in [0.25, 0.3) is 17.4 Å². The molecule has 0 unspecified atom stereocenters. The van der Waals surface area contributed by atoms with Crippen molar-refractivity contribution in [1.29, 1.82) is 0 Å². The van der Waals surface area contributed by atoms with Crippen LogP contribution in [0, 0.1) is 0 Å².